The summed E-state index contributed by atoms with van der Waals surface area (Å²) in [5, 5.41) is 12.0. The van der Waals surface area contributed by atoms with Crippen molar-refractivity contribution in [1.82, 2.24) is 5.32 Å². The maximum atomic E-state index is 12.5. The first-order chi connectivity index (χ1) is 8.54. The van der Waals surface area contributed by atoms with Crippen molar-refractivity contribution in [2.24, 2.45) is 5.92 Å². The minimum absolute atomic E-state index is 0.245. The predicted molar refractivity (Wildman–Crippen MR) is 65.4 cm³/mol. The van der Waals surface area contributed by atoms with E-state index in [1.165, 1.54) is 0 Å². The summed E-state index contributed by atoms with van der Waals surface area (Å²) in [6.45, 7) is 1.13. The van der Waals surface area contributed by atoms with Crippen LogP contribution >= 0.6 is 0 Å². The molecule has 1 aliphatic carbocycles. The number of rotatable bonds is 7. The summed E-state index contributed by atoms with van der Waals surface area (Å²) in [4.78, 5) is 0. The Bertz CT molecular complexity index is 213. The van der Waals surface area contributed by atoms with E-state index < -0.39 is 12.1 Å². The van der Waals surface area contributed by atoms with Crippen molar-refractivity contribution < 1.29 is 18.3 Å². The Labute approximate surface area is 107 Å². The quantitative estimate of drug-likeness (QED) is 0.694. The smallest absolute Gasteiger partial charge is 0.391 e. The van der Waals surface area contributed by atoms with Gasteiger partial charge in [0.2, 0.25) is 0 Å². The van der Waals surface area contributed by atoms with Gasteiger partial charge in [0, 0.05) is 12.6 Å². The molecule has 1 saturated carbocycles. The summed E-state index contributed by atoms with van der Waals surface area (Å²) in [5.74, 6) is -1.08. The number of alkyl halides is 3. The van der Waals surface area contributed by atoms with Crippen molar-refractivity contribution in [3.05, 3.63) is 0 Å². The van der Waals surface area contributed by atoms with Crippen LogP contribution in [0.5, 0.6) is 0 Å². The molecule has 0 heterocycles. The summed E-state index contributed by atoms with van der Waals surface area (Å²) >= 11 is 0. The highest BCUT2D eigenvalue weighted by molar-refractivity contribution is 4.80. The van der Waals surface area contributed by atoms with Crippen molar-refractivity contribution in [1.29, 1.82) is 0 Å². The van der Waals surface area contributed by atoms with Gasteiger partial charge in [-0.25, -0.2) is 0 Å². The summed E-state index contributed by atoms with van der Waals surface area (Å²) in [6, 6.07) is 0.265. The fourth-order valence-corrected chi connectivity index (χ4v) is 2.52. The van der Waals surface area contributed by atoms with E-state index in [2.05, 4.69) is 5.32 Å². The normalized spacial score (nSPS) is 25.3. The highest BCUT2D eigenvalue weighted by Crippen LogP contribution is 2.37. The molecule has 0 aromatic heterocycles. The van der Waals surface area contributed by atoms with Crippen molar-refractivity contribution in [3.63, 3.8) is 0 Å². The zero-order valence-electron chi connectivity index (χ0n) is 10.8. The maximum Gasteiger partial charge on any atom is 0.391 e. The van der Waals surface area contributed by atoms with Gasteiger partial charge in [-0.15, -0.1) is 0 Å². The molecule has 1 aliphatic rings. The summed E-state index contributed by atoms with van der Waals surface area (Å²) in [5.41, 5.74) is 0. The van der Waals surface area contributed by atoms with E-state index in [9.17, 15) is 13.2 Å². The first kappa shape index (κ1) is 15.8. The zero-order chi connectivity index (χ0) is 13.4. The summed E-state index contributed by atoms with van der Waals surface area (Å²) in [6.07, 6.45) is 1.80. The molecule has 5 heteroatoms. The lowest BCUT2D eigenvalue weighted by Crippen LogP contribution is -2.37. The highest BCUT2D eigenvalue weighted by Gasteiger charge is 2.41. The summed E-state index contributed by atoms with van der Waals surface area (Å²) < 4.78 is 37.4. The van der Waals surface area contributed by atoms with Crippen LogP contribution in [0.15, 0.2) is 0 Å². The molecule has 0 bridgehead atoms. The number of unbranched alkanes of at least 4 members (excludes halogenated alkanes) is 3. The van der Waals surface area contributed by atoms with E-state index in [0.717, 1.165) is 32.2 Å². The van der Waals surface area contributed by atoms with Gasteiger partial charge in [0.1, 0.15) is 0 Å². The van der Waals surface area contributed by atoms with Crippen LogP contribution in [-0.4, -0.2) is 30.5 Å². The molecule has 0 aromatic rings. The largest absolute Gasteiger partial charge is 0.396 e. The van der Waals surface area contributed by atoms with Gasteiger partial charge in [0.15, 0.2) is 0 Å². The van der Waals surface area contributed by atoms with E-state index in [1.54, 1.807) is 0 Å². The molecule has 0 spiro atoms. The molecule has 0 amide bonds. The second kappa shape index (κ2) is 8.00. The third-order valence-electron chi connectivity index (χ3n) is 3.71. The van der Waals surface area contributed by atoms with Gasteiger partial charge in [0.25, 0.3) is 0 Å². The van der Waals surface area contributed by atoms with Crippen LogP contribution < -0.4 is 5.32 Å². The molecule has 2 nitrogen and oxygen atoms in total. The summed E-state index contributed by atoms with van der Waals surface area (Å²) in [7, 11) is 0. The van der Waals surface area contributed by atoms with Gasteiger partial charge in [0.05, 0.1) is 5.92 Å². The van der Waals surface area contributed by atoms with Crippen molar-refractivity contribution in [2.45, 2.75) is 63.6 Å². The predicted octanol–water partition coefficient (Wildman–Crippen LogP) is 3.25. The lowest BCUT2D eigenvalue weighted by atomic mass is 9.85. The average Bonchev–Trinajstić information content (AvgIpc) is 2.33. The molecule has 0 atom stereocenters. The fraction of sp³-hybridized carbons (Fsp3) is 1.00. The average molecular weight is 267 g/mol. The molecule has 0 aliphatic heterocycles. The van der Waals surface area contributed by atoms with Gasteiger partial charge in [-0.1, -0.05) is 12.8 Å². The van der Waals surface area contributed by atoms with Crippen LogP contribution in [0.3, 0.4) is 0 Å². The van der Waals surface area contributed by atoms with Gasteiger partial charge in [-0.2, -0.15) is 13.2 Å². The first-order valence-corrected chi connectivity index (χ1v) is 6.95. The van der Waals surface area contributed by atoms with Gasteiger partial charge >= 0.3 is 6.18 Å². The Morgan fingerprint density at radius 1 is 0.944 bits per heavy atom. The molecule has 108 valence electrons. The number of hydrogen-bond donors (Lipinski definition) is 2. The maximum absolute atomic E-state index is 12.5. The van der Waals surface area contributed by atoms with Crippen molar-refractivity contribution in [2.75, 3.05) is 13.2 Å². The fourth-order valence-electron chi connectivity index (χ4n) is 2.52. The molecule has 1 fully saturated rings. The number of hydrogen-bond acceptors (Lipinski definition) is 2. The lowest BCUT2D eigenvalue weighted by molar-refractivity contribution is -0.182. The van der Waals surface area contributed by atoms with E-state index in [0.29, 0.717) is 12.8 Å². The molecule has 0 saturated heterocycles. The third-order valence-corrected chi connectivity index (χ3v) is 3.71. The highest BCUT2D eigenvalue weighted by atomic mass is 19.4. The molecular formula is C13H24F3NO. The second-order valence-corrected chi connectivity index (χ2v) is 5.18. The second-order valence-electron chi connectivity index (χ2n) is 5.18. The third kappa shape index (κ3) is 6.05. The van der Waals surface area contributed by atoms with Crippen LogP contribution in [0.4, 0.5) is 13.2 Å². The molecule has 0 unspecified atom stereocenters. The number of aliphatic hydroxyl groups is 1. The molecule has 2 N–H and O–H groups in total. The lowest BCUT2D eigenvalue weighted by Gasteiger charge is -2.30. The van der Waals surface area contributed by atoms with Gasteiger partial charge in [-0.3, -0.25) is 0 Å². The minimum atomic E-state index is -4.00. The first-order valence-electron chi connectivity index (χ1n) is 6.95. The van der Waals surface area contributed by atoms with Crippen molar-refractivity contribution in [3.8, 4) is 0 Å². The van der Waals surface area contributed by atoms with Crippen LogP contribution in [0.2, 0.25) is 0 Å². The Balaban J connectivity index is 2.02. The molecule has 1 rings (SSSR count). The standard InChI is InChI=1S/C13H24F3NO/c14-13(15,16)11-5-7-12(8-6-11)17-9-3-1-2-4-10-18/h11-12,17-18H,1-10H2. The number of aliphatic hydroxyl groups excluding tert-OH is 1. The van der Waals surface area contributed by atoms with Crippen molar-refractivity contribution >= 4 is 0 Å². The Kier molecular flexibility index (Phi) is 7.00. The minimum Gasteiger partial charge on any atom is -0.396 e. The monoisotopic (exact) mass is 267 g/mol. The zero-order valence-corrected chi connectivity index (χ0v) is 10.8. The van der Waals surface area contributed by atoms with Crippen LogP contribution in [-0.2, 0) is 0 Å². The van der Waals surface area contributed by atoms with E-state index in [1.807, 2.05) is 0 Å². The molecule has 0 radical (unpaired) electrons. The Morgan fingerprint density at radius 3 is 2.11 bits per heavy atom. The Morgan fingerprint density at radius 2 is 1.56 bits per heavy atom. The van der Waals surface area contributed by atoms with Gasteiger partial charge in [-0.05, 0) is 45.1 Å². The van der Waals surface area contributed by atoms with Crippen LogP contribution in [0.25, 0.3) is 0 Å². The SMILES string of the molecule is OCCCCCCNC1CCC(C(F)(F)F)CC1. The molecular weight excluding hydrogens is 243 g/mol. The van der Waals surface area contributed by atoms with Crippen LogP contribution in [0.1, 0.15) is 51.4 Å². The van der Waals surface area contributed by atoms with E-state index in [-0.39, 0.29) is 25.5 Å². The van der Waals surface area contributed by atoms with Crippen LogP contribution in [0, 0.1) is 5.92 Å². The van der Waals surface area contributed by atoms with E-state index in [4.69, 9.17) is 5.11 Å². The molecule has 0 aromatic carbocycles. The number of halogens is 3. The van der Waals surface area contributed by atoms with Gasteiger partial charge < -0.3 is 10.4 Å². The molecule has 18 heavy (non-hydrogen) atoms. The van der Waals surface area contributed by atoms with E-state index >= 15 is 0 Å². The Hall–Kier alpha value is -0.290. The topological polar surface area (TPSA) is 32.3 Å². The number of nitrogens with one attached hydrogen (secondary N) is 1.